The van der Waals surface area contributed by atoms with E-state index in [9.17, 15) is 18.0 Å². The molecule has 2 unspecified atom stereocenters. The molecule has 0 aromatic heterocycles. The van der Waals surface area contributed by atoms with Crippen LogP contribution in [-0.4, -0.2) is 32.9 Å². The second kappa shape index (κ2) is 13.3. The van der Waals surface area contributed by atoms with E-state index in [0.717, 1.165) is 0 Å². The first-order valence-electron chi connectivity index (χ1n) is 11.7. The highest BCUT2D eigenvalue weighted by Crippen LogP contribution is 2.27. The quantitative estimate of drug-likeness (QED) is 0.112. The number of halogens is 2. The maximum Gasteiger partial charge on any atom is 0.308 e. The van der Waals surface area contributed by atoms with Gasteiger partial charge in [-0.15, -0.1) is 11.6 Å². The van der Waals surface area contributed by atoms with Crippen molar-refractivity contribution in [1.29, 1.82) is 0 Å². The van der Waals surface area contributed by atoms with E-state index in [4.69, 9.17) is 39.4 Å². The van der Waals surface area contributed by atoms with Crippen LogP contribution in [0.3, 0.4) is 0 Å². The molecule has 6 N–H and O–H groups in total. The van der Waals surface area contributed by atoms with Crippen LogP contribution in [0.4, 0.5) is 11.4 Å². The smallest absolute Gasteiger partial charge is 0.308 e. The summed E-state index contributed by atoms with van der Waals surface area (Å²) in [6.45, 7) is 1.82. The minimum Gasteiger partial charge on any atom is -0.466 e. The Bertz CT molecular complexity index is 1460. The summed E-state index contributed by atoms with van der Waals surface area (Å²) < 4.78 is 33.6. The number of rotatable bonds is 11. The number of esters is 1. The summed E-state index contributed by atoms with van der Waals surface area (Å²) in [6.07, 6.45) is -0.208. The van der Waals surface area contributed by atoms with Crippen molar-refractivity contribution < 1.29 is 22.7 Å². The van der Waals surface area contributed by atoms with Gasteiger partial charge in [-0.3, -0.25) is 14.3 Å². The van der Waals surface area contributed by atoms with Crippen molar-refractivity contribution in [3.8, 4) is 0 Å². The zero-order valence-corrected chi connectivity index (χ0v) is 23.1. The van der Waals surface area contributed by atoms with Crippen LogP contribution >= 0.6 is 23.2 Å². The van der Waals surface area contributed by atoms with Crippen LogP contribution in [0, 0.1) is 0 Å². The largest absolute Gasteiger partial charge is 0.466 e. The van der Waals surface area contributed by atoms with E-state index in [1.165, 1.54) is 30.3 Å². The van der Waals surface area contributed by atoms with Gasteiger partial charge in [0.2, 0.25) is 5.91 Å². The lowest BCUT2D eigenvalue weighted by molar-refractivity contribution is -0.143. The number of nitrogens with zero attached hydrogens (tertiary/aromatic N) is 1. The Hall–Kier alpha value is -3.80. The van der Waals surface area contributed by atoms with Gasteiger partial charge in [-0.05, 0) is 60.5 Å². The molecule has 0 saturated carbocycles. The highest BCUT2D eigenvalue weighted by atomic mass is 35.5. The van der Waals surface area contributed by atoms with Gasteiger partial charge in [0, 0.05) is 10.7 Å². The van der Waals surface area contributed by atoms with E-state index in [0.29, 0.717) is 16.1 Å². The van der Waals surface area contributed by atoms with E-state index >= 15 is 0 Å². The second-order valence-electron chi connectivity index (χ2n) is 8.25. The molecule has 10 nitrogen and oxygen atoms in total. The van der Waals surface area contributed by atoms with Crippen LogP contribution in [0.2, 0.25) is 5.02 Å². The van der Waals surface area contributed by atoms with Gasteiger partial charge in [0.15, 0.2) is 5.96 Å². The Morgan fingerprint density at radius 3 is 2.36 bits per heavy atom. The Morgan fingerprint density at radius 1 is 1.00 bits per heavy atom. The minimum absolute atomic E-state index is 0.0697. The number of alkyl halides is 1. The van der Waals surface area contributed by atoms with Gasteiger partial charge in [-0.1, -0.05) is 41.9 Å². The number of guanidine groups is 1. The van der Waals surface area contributed by atoms with Crippen molar-refractivity contribution in [1.82, 2.24) is 5.32 Å². The Kier molecular flexibility index (Phi) is 10.2. The molecule has 0 spiro atoms. The first kappa shape index (κ1) is 29.8. The molecule has 206 valence electrons. The normalized spacial score (nSPS) is 12.6. The van der Waals surface area contributed by atoms with Gasteiger partial charge in [-0.25, -0.2) is 13.4 Å². The van der Waals surface area contributed by atoms with Crippen LogP contribution in [0.5, 0.6) is 0 Å². The number of carbonyl (C=O) groups excluding carboxylic acids is 2. The van der Waals surface area contributed by atoms with Gasteiger partial charge in [0.25, 0.3) is 10.0 Å². The average Bonchev–Trinajstić information content (AvgIpc) is 2.88. The molecule has 3 aromatic rings. The van der Waals surface area contributed by atoms with Crippen molar-refractivity contribution in [3.05, 3.63) is 88.9 Å². The van der Waals surface area contributed by atoms with Gasteiger partial charge < -0.3 is 21.5 Å². The third kappa shape index (κ3) is 8.60. The number of hydrogen-bond donors (Lipinski definition) is 4. The molecule has 3 aromatic carbocycles. The van der Waals surface area contributed by atoms with Gasteiger partial charge >= 0.3 is 5.97 Å². The maximum atomic E-state index is 13.0. The van der Waals surface area contributed by atoms with Crippen LogP contribution in [0.1, 0.15) is 35.9 Å². The standard InChI is InChI=1S/C26H27Cl2N5O5S/c1-2-38-23(34)15-22(32-25(35)24(28)16-9-11-18(27)12-10-16)17-5-3-7-20(13-17)33-39(36,37)21-8-4-6-19(14-21)31-26(29)30/h3-14,22,24,33H,2,15H2,1H3,(H,32,35)(H4,29,30,31). The number of nitrogens with one attached hydrogen (secondary N) is 2. The Morgan fingerprint density at radius 2 is 1.69 bits per heavy atom. The third-order valence-corrected chi connectivity index (χ3v) is 7.39. The summed E-state index contributed by atoms with van der Waals surface area (Å²) in [7, 11) is -4.03. The molecule has 0 heterocycles. The fourth-order valence-electron chi connectivity index (χ4n) is 3.57. The second-order valence-corrected chi connectivity index (χ2v) is 10.8. The van der Waals surface area contributed by atoms with Crippen molar-refractivity contribution in [2.45, 2.75) is 29.7 Å². The fourth-order valence-corrected chi connectivity index (χ4v) is 4.99. The van der Waals surface area contributed by atoms with E-state index in [1.807, 2.05) is 0 Å². The summed E-state index contributed by atoms with van der Waals surface area (Å²) in [5.74, 6) is -1.33. The van der Waals surface area contributed by atoms with Gasteiger partial charge in [0.1, 0.15) is 5.38 Å². The maximum absolute atomic E-state index is 13.0. The summed E-state index contributed by atoms with van der Waals surface area (Å²) in [4.78, 5) is 29.1. The molecule has 0 aliphatic carbocycles. The molecule has 0 radical (unpaired) electrons. The SMILES string of the molecule is CCOC(=O)CC(NC(=O)C(Cl)c1ccc(Cl)cc1)c1cccc(NS(=O)(=O)c2cccc(N=C(N)N)c2)c1. The van der Waals surface area contributed by atoms with Crippen molar-refractivity contribution in [2.24, 2.45) is 16.5 Å². The Balaban J connectivity index is 1.86. The average molecular weight is 593 g/mol. The number of ether oxygens (including phenoxy) is 1. The predicted octanol–water partition coefficient (Wildman–Crippen LogP) is 4.14. The number of benzene rings is 3. The number of nitrogens with two attached hydrogens (primary N) is 2. The number of anilines is 1. The van der Waals surface area contributed by atoms with E-state index in [2.05, 4.69) is 15.0 Å². The molecule has 0 aliphatic rings. The van der Waals surface area contributed by atoms with Crippen LogP contribution in [-0.2, 0) is 24.3 Å². The van der Waals surface area contributed by atoms with Gasteiger partial charge in [-0.2, -0.15) is 0 Å². The van der Waals surface area contributed by atoms with Crippen molar-refractivity contribution in [2.75, 3.05) is 11.3 Å². The number of sulfonamides is 1. The molecule has 2 atom stereocenters. The summed E-state index contributed by atoms with van der Waals surface area (Å²) in [5, 5.41) is 2.19. The molecule has 13 heteroatoms. The lowest BCUT2D eigenvalue weighted by Gasteiger charge is -2.21. The monoisotopic (exact) mass is 591 g/mol. The number of amides is 1. The molecule has 0 saturated heterocycles. The zero-order chi connectivity index (χ0) is 28.6. The molecule has 3 rings (SSSR count). The highest BCUT2D eigenvalue weighted by Gasteiger charge is 2.25. The predicted molar refractivity (Wildman–Crippen MR) is 151 cm³/mol. The van der Waals surface area contributed by atoms with Crippen LogP contribution in [0.25, 0.3) is 0 Å². The zero-order valence-electron chi connectivity index (χ0n) is 20.8. The molecular formula is C26H27Cl2N5O5S. The van der Waals surface area contributed by atoms with Crippen LogP contribution < -0.4 is 21.5 Å². The number of aliphatic imine (C=N–C) groups is 1. The molecule has 39 heavy (non-hydrogen) atoms. The summed E-state index contributed by atoms with van der Waals surface area (Å²) >= 11 is 12.3. The molecule has 0 bridgehead atoms. The van der Waals surface area contributed by atoms with E-state index < -0.39 is 33.3 Å². The topological polar surface area (TPSA) is 166 Å². The first-order chi connectivity index (χ1) is 18.5. The van der Waals surface area contributed by atoms with Crippen molar-refractivity contribution >= 4 is 62.4 Å². The molecular weight excluding hydrogens is 565 g/mol. The van der Waals surface area contributed by atoms with E-state index in [1.54, 1.807) is 49.4 Å². The third-order valence-electron chi connectivity index (χ3n) is 5.31. The fraction of sp³-hybridized carbons (Fsp3) is 0.192. The molecule has 0 fully saturated rings. The lowest BCUT2D eigenvalue weighted by Crippen LogP contribution is -2.33. The molecule has 0 aliphatic heterocycles. The number of hydrogen-bond acceptors (Lipinski definition) is 6. The van der Waals surface area contributed by atoms with E-state index in [-0.39, 0.29) is 35.3 Å². The van der Waals surface area contributed by atoms with Gasteiger partial charge in [0.05, 0.1) is 29.7 Å². The molecule has 1 amide bonds. The summed E-state index contributed by atoms with van der Waals surface area (Å²) in [6, 6.07) is 17.6. The lowest BCUT2D eigenvalue weighted by atomic mass is 10.0. The highest BCUT2D eigenvalue weighted by molar-refractivity contribution is 7.92. The summed E-state index contributed by atoms with van der Waals surface area (Å²) in [5.41, 5.74) is 12.2. The minimum atomic E-state index is -4.03. The number of carbonyl (C=O) groups is 2. The van der Waals surface area contributed by atoms with Crippen molar-refractivity contribution in [3.63, 3.8) is 0 Å². The Labute approximate surface area is 236 Å². The first-order valence-corrected chi connectivity index (χ1v) is 14.0. The van der Waals surface area contributed by atoms with Crippen LogP contribution in [0.15, 0.2) is 82.7 Å².